The standard InChI is InChI=1S/C24H28N4O6S3.C9H12O2/c1-28(2,15(10-29)11-30)9-5-6-14-12-35-22-19(21(32)27(22)20(14)23(33)34)26-18(31)13-36-24-25-16-7-3-4-8-17(16)37-24;10-9(11)8-3-1-2-6-4-5-7(6)8/h3-8,15,19,22,29-30H,9-13H2,1-2H3,(H-,26,31,33,34);3,6-7H,1-2,4-5H2,(H,10,11)/b6-5+;/t19-,22-;/m1./s1. The van der Waals surface area contributed by atoms with E-state index < -0.39 is 29.3 Å². The number of carboxylic acid groups (broad SMARTS) is 2. The van der Waals surface area contributed by atoms with Crippen LogP contribution < -0.4 is 10.4 Å². The third-order valence-corrected chi connectivity index (χ3v) is 12.9. The summed E-state index contributed by atoms with van der Waals surface area (Å²) in [5.41, 5.74) is 1.81. The Labute approximate surface area is 291 Å². The van der Waals surface area contributed by atoms with Crippen LogP contribution in [-0.2, 0) is 19.2 Å². The van der Waals surface area contributed by atoms with Crippen molar-refractivity contribution in [2.75, 3.05) is 45.4 Å². The number of para-hydroxylation sites is 1. The lowest BCUT2D eigenvalue weighted by molar-refractivity contribution is -0.910. The number of carboxylic acids is 2. The van der Waals surface area contributed by atoms with E-state index in [-0.39, 0.29) is 36.6 Å². The molecule has 1 aromatic heterocycles. The highest BCUT2D eigenvalue weighted by atomic mass is 32.2. The summed E-state index contributed by atoms with van der Waals surface area (Å²) in [4.78, 5) is 53.7. The molecule has 6 rings (SSSR count). The van der Waals surface area contributed by atoms with Crippen molar-refractivity contribution in [2.45, 2.75) is 47.5 Å². The molecule has 258 valence electrons. The molecular formula is C33H40N4O8S3. The minimum absolute atomic E-state index is 0.0921. The molecule has 0 spiro atoms. The summed E-state index contributed by atoms with van der Waals surface area (Å²) in [5.74, 6) is -1.43. The maximum Gasteiger partial charge on any atom is 0.331 e. The van der Waals surface area contributed by atoms with Crippen molar-refractivity contribution in [3.05, 3.63) is 59.3 Å². The average molecular weight is 717 g/mol. The predicted molar refractivity (Wildman–Crippen MR) is 183 cm³/mol. The van der Waals surface area contributed by atoms with Gasteiger partial charge in [-0.15, -0.1) is 23.1 Å². The molecule has 2 aromatic rings. The van der Waals surface area contributed by atoms with Gasteiger partial charge in [0.1, 0.15) is 17.5 Å². The van der Waals surface area contributed by atoms with Crippen LogP contribution in [0.15, 0.2) is 63.7 Å². The molecule has 1 aromatic carbocycles. The maximum absolute atomic E-state index is 12.9. The lowest BCUT2D eigenvalue weighted by atomic mass is 9.65. The number of benzene rings is 1. The van der Waals surface area contributed by atoms with E-state index in [1.807, 2.05) is 44.4 Å². The topological polar surface area (TPSA) is 180 Å². The number of aliphatic carboxylic acids is 2. The molecule has 0 bridgehead atoms. The summed E-state index contributed by atoms with van der Waals surface area (Å²) in [6.07, 6.45) is 9.85. The first-order valence-electron chi connectivity index (χ1n) is 15.8. The Morgan fingerprint density at radius 2 is 1.94 bits per heavy atom. The van der Waals surface area contributed by atoms with Crippen LogP contribution >= 0.6 is 34.9 Å². The summed E-state index contributed by atoms with van der Waals surface area (Å²) in [6.45, 7) is 0.0649. The van der Waals surface area contributed by atoms with Crippen LogP contribution in [0.2, 0.25) is 0 Å². The summed E-state index contributed by atoms with van der Waals surface area (Å²) >= 11 is 4.16. The van der Waals surface area contributed by atoms with E-state index in [1.165, 1.54) is 52.6 Å². The second-order valence-electron chi connectivity index (χ2n) is 12.7. The Kier molecular flexibility index (Phi) is 11.7. The molecular weight excluding hydrogens is 677 g/mol. The fourth-order valence-corrected chi connectivity index (χ4v) is 9.50. The molecule has 2 aliphatic heterocycles. The van der Waals surface area contributed by atoms with Crippen LogP contribution in [0.5, 0.6) is 0 Å². The predicted octanol–water partition coefficient (Wildman–Crippen LogP) is 1.60. The summed E-state index contributed by atoms with van der Waals surface area (Å²) in [5, 5.41) is 41.9. The number of hydrogen-bond acceptors (Lipinski definition) is 11. The largest absolute Gasteiger partial charge is 0.543 e. The quantitative estimate of drug-likeness (QED) is 0.142. The molecule has 4 aliphatic rings. The molecule has 2 fully saturated rings. The van der Waals surface area contributed by atoms with E-state index in [4.69, 9.17) is 5.11 Å². The zero-order valence-electron chi connectivity index (χ0n) is 26.7. The van der Waals surface area contributed by atoms with E-state index in [0.717, 1.165) is 27.4 Å². The van der Waals surface area contributed by atoms with Gasteiger partial charge in [-0.05, 0) is 61.3 Å². The minimum atomic E-state index is -1.45. The third kappa shape index (κ3) is 7.81. The summed E-state index contributed by atoms with van der Waals surface area (Å²) in [7, 11) is 3.70. The van der Waals surface area contributed by atoms with Crippen LogP contribution in [-0.4, -0.2) is 116 Å². The van der Waals surface area contributed by atoms with Crippen LogP contribution in [0.3, 0.4) is 0 Å². The van der Waals surface area contributed by atoms with Crippen LogP contribution in [0.1, 0.15) is 25.7 Å². The SMILES string of the molecule is C[N+](C)(C/C=C/C1=C(C(=O)[O-])N2C(=O)[C@@H](NC(=O)CSc3nc4ccccc4s3)[C@H]2SC1)C(CO)CO.O=C(O)C1=CCCC2CCC12. The Hall–Kier alpha value is -3.21. The molecule has 3 heterocycles. The van der Waals surface area contributed by atoms with E-state index in [0.29, 0.717) is 39.8 Å². The Morgan fingerprint density at radius 3 is 2.56 bits per heavy atom. The number of aliphatic hydroxyl groups excluding tert-OH is 2. The minimum Gasteiger partial charge on any atom is -0.543 e. The number of aromatic nitrogens is 1. The van der Waals surface area contributed by atoms with Gasteiger partial charge in [0.15, 0.2) is 4.34 Å². The zero-order chi connectivity index (χ0) is 34.6. The lowest BCUT2D eigenvalue weighted by Gasteiger charge is -2.50. The lowest BCUT2D eigenvalue weighted by Crippen LogP contribution is -2.71. The number of amides is 2. The van der Waals surface area contributed by atoms with Gasteiger partial charge in [-0.2, -0.15) is 0 Å². The normalized spacial score (nSPS) is 23.5. The van der Waals surface area contributed by atoms with E-state index >= 15 is 0 Å². The zero-order valence-corrected chi connectivity index (χ0v) is 29.2. The average Bonchev–Trinajstić information content (AvgIpc) is 3.46. The summed E-state index contributed by atoms with van der Waals surface area (Å²) in [6, 6.07) is 6.52. The molecule has 1 saturated carbocycles. The molecule has 2 amide bonds. The molecule has 4 atom stereocenters. The molecule has 12 nitrogen and oxygen atoms in total. The molecule has 0 radical (unpaired) electrons. The van der Waals surface area contributed by atoms with Crippen LogP contribution in [0.4, 0.5) is 0 Å². The van der Waals surface area contributed by atoms with Gasteiger partial charge in [0.2, 0.25) is 5.91 Å². The van der Waals surface area contributed by atoms with Crippen molar-refractivity contribution in [3.8, 4) is 0 Å². The van der Waals surface area contributed by atoms with Gasteiger partial charge in [0, 0.05) is 11.3 Å². The van der Waals surface area contributed by atoms with Crippen molar-refractivity contribution in [1.29, 1.82) is 0 Å². The third-order valence-electron chi connectivity index (χ3n) is 9.38. The van der Waals surface area contributed by atoms with Gasteiger partial charge in [-0.1, -0.05) is 36.0 Å². The first kappa shape index (κ1) is 36.1. The van der Waals surface area contributed by atoms with Crippen molar-refractivity contribution in [1.82, 2.24) is 15.2 Å². The number of allylic oxidation sites excluding steroid dienone is 2. The highest BCUT2D eigenvalue weighted by Crippen LogP contribution is 2.45. The fourth-order valence-electron chi connectivity index (χ4n) is 6.31. The number of carbonyl (C=O) groups excluding carboxylic acids is 3. The molecule has 2 aliphatic carbocycles. The number of nitrogens with one attached hydrogen (secondary N) is 1. The van der Waals surface area contributed by atoms with Gasteiger partial charge < -0.3 is 35.0 Å². The smallest absolute Gasteiger partial charge is 0.331 e. The second-order valence-corrected chi connectivity index (χ2v) is 16.1. The Morgan fingerprint density at radius 1 is 1.19 bits per heavy atom. The summed E-state index contributed by atoms with van der Waals surface area (Å²) < 4.78 is 2.10. The van der Waals surface area contributed by atoms with Crippen molar-refractivity contribution >= 4 is 68.8 Å². The number of thiazole rings is 1. The highest BCUT2D eigenvalue weighted by molar-refractivity contribution is 8.01. The van der Waals surface area contributed by atoms with Crippen LogP contribution in [0.25, 0.3) is 10.2 Å². The highest BCUT2D eigenvalue weighted by Gasteiger charge is 2.52. The number of hydrogen-bond donors (Lipinski definition) is 4. The molecule has 15 heteroatoms. The molecule has 48 heavy (non-hydrogen) atoms. The maximum atomic E-state index is 12.9. The first-order valence-corrected chi connectivity index (χ1v) is 18.6. The van der Waals surface area contributed by atoms with E-state index in [1.54, 1.807) is 12.2 Å². The number of quaternary nitrogens is 1. The fraction of sp³-hybridized carbons (Fsp3) is 0.485. The number of β-lactam (4-membered cyclic amide) rings is 1. The molecule has 1 saturated heterocycles. The second kappa shape index (κ2) is 15.6. The van der Waals surface area contributed by atoms with Gasteiger partial charge in [-0.3, -0.25) is 14.5 Å². The molecule has 2 unspecified atom stereocenters. The number of thioether (sulfide) groups is 2. The van der Waals surface area contributed by atoms with Crippen molar-refractivity contribution in [2.24, 2.45) is 11.8 Å². The van der Waals surface area contributed by atoms with E-state index in [9.17, 15) is 34.5 Å². The monoisotopic (exact) mass is 716 g/mol. The van der Waals surface area contributed by atoms with E-state index in [2.05, 4.69) is 10.3 Å². The number of likely N-dealkylation sites (N-methyl/N-ethyl adjacent to an activating group) is 1. The number of nitrogens with zero attached hydrogens (tertiary/aromatic N) is 3. The molecule has 4 N–H and O–H groups in total. The number of carbonyl (C=O) groups is 4. The van der Waals surface area contributed by atoms with Gasteiger partial charge >= 0.3 is 5.97 Å². The Bertz CT molecular complexity index is 1620. The van der Waals surface area contributed by atoms with Gasteiger partial charge in [-0.25, -0.2) is 9.78 Å². The number of rotatable bonds is 12. The van der Waals surface area contributed by atoms with Crippen LogP contribution in [0, 0.1) is 11.8 Å². The first-order chi connectivity index (χ1) is 22.9. The van der Waals surface area contributed by atoms with Crippen molar-refractivity contribution < 1.29 is 44.1 Å². The number of aliphatic hydroxyl groups is 2. The van der Waals surface area contributed by atoms with Gasteiger partial charge in [0.25, 0.3) is 5.91 Å². The van der Waals surface area contributed by atoms with Crippen molar-refractivity contribution in [3.63, 3.8) is 0 Å². The van der Waals surface area contributed by atoms with Gasteiger partial charge in [0.05, 0.1) is 61.5 Å². The number of fused-ring (bicyclic) bond motifs is 3. The Balaban J connectivity index is 0.000000343.